The Labute approximate surface area is 218 Å². The molecule has 1 aliphatic rings. The molecule has 1 fully saturated rings. The Hall–Kier alpha value is -3.88. The van der Waals surface area contributed by atoms with Gasteiger partial charge in [-0.2, -0.15) is 13.2 Å². The smallest absolute Gasteiger partial charge is 0.416 e. The number of carbonyl (C=O) groups is 1. The van der Waals surface area contributed by atoms with Crippen molar-refractivity contribution in [2.24, 2.45) is 0 Å². The lowest BCUT2D eigenvalue weighted by Crippen LogP contribution is -2.38. The van der Waals surface area contributed by atoms with Crippen LogP contribution in [0.4, 0.5) is 18.9 Å². The number of fused-ring (bicyclic) bond motifs is 1. The van der Waals surface area contributed by atoms with Gasteiger partial charge in [-0.25, -0.2) is 0 Å². The fourth-order valence-corrected chi connectivity index (χ4v) is 4.50. The molecular weight excluding hydrogens is 493 g/mol. The minimum Gasteiger partial charge on any atom is -0.492 e. The summed E-state index contributed by atoms with van der Waals surface area (Å²) in [5.41, 5.74) is 1.58. The van der Waals surface area contributed by atoms with Crippen molar-refractivity contribution in [3.63, 3.8) is 0 Å². The number of hydrogen-bond acceptors (Lipinski definition) is 4. The molecule has 196 valence electrons. The number of rotatable bonds is 7. The number of alkyl halides is 3. The third kappa shape index (κ3) is 5.98. The molecule has 5 rings (SSSR count). The lowest BCUT2D eigenvalue weighted by molar-refractivity contribution is -0.137. The normalized spacial score (nSPS) is 14.4. The Morgan fingerprint density at radius 2 is 1.61 bits per heavy atom. The van der Waals surface area contributed by atoms with Crippen molar-refractivity contribution < 1.29 is 27.4 Å². The van der Waals surface area contributed by atoms with Crippen molar-refractivity contribution >= 4 is 22.4 Å². The molecule has 0 saturated carbocycles. The molecule has 1 N–H and O–H groups in total. The molecule has 0 unspecified atom stereocenters. The molecule has 8 heteroatoms. The number of hydrogen-bond donors (Lipinski definition) is 1. The number of nitrogens with one attached hydrogen (secondary N) is 1. The quantitative estimate of drug-likeness (QED) is 0.303. The average Bonchev–Trinajstić information content (AvgIpc) is 2.94. The number of halogens is 3. The van der Waals surface area contributed by atoms with Crippen molar-refractivity contribution in [2.45, 2.75) is 6.18 Å². The molecule has 0 aromatic heterocycles. The fourth-order valence-electron chi connectivity index (χ4n) is 4.50. The van der Waals surface area contributed by atoms with Crippen LogP contribution in [0.5, 0.6) is 5.75 Å². The Morgan fingerprint density at radius 3 is 2.34 bits per heavy atom. The van der Waals surface area contributed by atoms with E-state index < -0.39 is 11.7 Å². The molecule has 4 aromatic carbocycles. The lowest BCUT2D eigenvalue weighted by Gasteiger charge is -2.26. The molecule has 1 heterocycles. The highest BCUT2D eigenvalue weighted by molar-refractivity contribution is 6.10. The minimum absolute atomic E-state index is 0.315. The molecule has 1 aliphatic heterocycles. The number of benzene rings is 4. The van der Waals surface area contributed by atoms with Crippen molar-refractivity contribution in [3.05, 3.63) is 96.1 Å². The highest BCUT2D eigenvalue weighted by Gasteiger charge is 2.30. The predicted molar refractivity (Wildman–Crippen MR) is 142 cm³/mol. The molecule has 5 nitrogen and oxygen atoms in total. The molecule has 1 saturated heterocycles. The molecular formula is C30H27F3N2O3. The van der Waals surface area contributed by atoms with E-state index in [0.717, 1.165) is 61.5 Å². The van der Waals surface area contributed by atoms with E-state index in [2.05, 4.69) is 10.2 Å². The third-order valence-electron chi connectivity index (χ3n) is 6.57. The summed E-state index contributed by atoms with van der Waals surface area (Å²) in [7, 11) is 0. The van der Waals surface area contributed by atoms with Gasteiger partial charge in [0.2, 0.25) is 0 Å². The van der Waals surface area contributed by atoms with Gasteiger partial charge in [-0.3, -0.25) is 9.69 Å². The van der Waals surface area contributed by atoms with Gasteiger partial charge in [-0.1, -0.05) is 48.5 Å². The van der Waals surface area contributed by atoms with E-state index in [1.165, 1.54) is 12.1 Å². The molecule has 0 spiro atoms. The van der Waals surface area contributed by atoms with Crippen LogP contribution in [0, 0.1) is 0 Å². The second-order valence-electron chi connectivity index (χ2n) is 9.07. The maximum atomic E-state index is 13.2. The second-order valence-corrected chi connectivity index (χ2v) is 9.07. The number of carbonyl (C=O) groups excluding carboxylic acids is 1. The van der Waals surface area contributed by atoms with Crippen LogP contribution in [0.2, 0.25) is 0 Å². The highest BCUT2D eigenvalue weighted by atomic mass is 19.4. The van der Waals surface area contributed by atoms with E-state index in [1.54, 1.807) is 24.3 Å². The number of nitrogens with zero attached hydrogens (tertiary/aromatic N) is 1. The van der Waals surface area contributed by atoms with Crippen molar-refractivity contribution in [1.82, 2.24) is 4.90 Å². The van der Waals surface area contributed by atoms with Crippen molar-refractivity contribution in [1.29, 1.82) is 0 Å². The fraction of sp³-hybridized carbons (Fsp3) is 0.233. The van der Waals surface area contributed by atoms with Gasteiger partial charge in [0, 0.05) is 41.7 Å². The third-order valence-corrected chi connectivity index (χ3v) is 6.57. The average molecular weight is 521 g/mol. The SMILES string of the molecule is O=C(Nc1ccc(OCCN2CCOCC2)c2ccccc12)c1cccc(-c2ccc(C(F)(F)F)cc2)c1. The summed E-state index contributed by atoms with van der Waals surface area (Å²) in [6.07, 6.45) is -4.40. The lowest BCUT2D eigenvalue weighted by atomic mass is 10.0. The van der Waals surface area contributed by atoms with Gasteiger partial charge in [0.05, 0.1) is 18.8 Å². The first-order valence-electron chi connectivity index (χ1n) is 12.4. The van der Waals surface area contributed by atoms with E-state index >= 15 is 0 Å². The van der Waals surface area contributed by atoms with Crippen LogP contribution in [0.3, 0.4) is 0 Å². The standard InChI is InChI=1S/C30H27F3N2O3/c31-30(32,33)24-10-8-21(9-11-24)22-4-3-5-23(20-22)29(36)34-27-12-13-28(26-7-2-1-6-25(26)27)38-19-16-35-14-17-37-18-15-35/h1-13,20H,14-19H2,(H,34,36). The zero-order valence-electron chi connectivity index (χ0n) is 20.6. The zero-order chi connectivity index (χ0) is 26.5. The number of ether oxygens (including phenoxy) is 2. The molecule has 1 amide bonds. The summed E-state index contributed by atoms with van der Waals surface area (Å²) >= 11 is 0. The van der Waals surface area contributed by atoms with E-state index in [-0.39, 0.29) is 5.91 Å². The summed E-state index contributed by atoms with van der Waals surface area (Å²) < 4.78 is 50.2. The van der Waals surface area contributed by atoms with Gasteiger partial charge in [-0.05, 0) is 47.5 Å². The van der Waals surface area contributed by atoms with Crippen molar-refractivity contribution in [3.8, 4) is 16.9 Å². The number of morpholine rings is 1. The summed E-state index contributed by atoms with van der Waals surface area (Å²) in [6, 6.07) is 23.1. The van der Waals surface area contributed by atoms with Gasteiger partial charge < -0.3 is 14.8 Å². The van der Waals surface area contributed by atoms with Gasteiger partial charge >= 0.3 is 6.18 Å². The first-order valence-corrected chi connectivity index (χ1v) is 12.4. The molecule has 38 heavy (non-hydrogen) atoms. The Balaban J connectivity index is 1.31. The maximum Gasteiger partial charge on any atom is 0.416 e. The maximum absolute atomic E-state index is 13.2. The first-order chi connectivity index (χ1) is 18.4. The van der Waals surface area contributed by atoms with Gasteiger partial charge in [0.25, 0.3) is 5.91 Å². The Bertz CT molecular complexity index is 1410. The van der Waals surface area contributed by atoms with Gasteiger partial charge in [0.15, 0.2) is 0 Å². The number of amides is 1. The van der Waals surface area contributed by atoms with Crippen LogP contribution in [0.15, 0.2) is 84.9 Å². The summed E-state index contributed by atoms with van der Waals surface area (Å²) in [6.45, 7) is 4.64. The molecule has 0 bridgehead atoms. The van der Waals surface area contributed by atoms with Crippen LogP contribution in [0.1, 0.15) is 15.9 Å². The highest BCUT2D eigenvalue weighted by Crippen LogP contribution is 2.33. The second kappa shape index (κ2) is 11.2. The summed E-state index contributed by atoms with van der Waals surface area (Å²) in [5.74, 6) is 0.432. The topological polar surface area (TPSA) is 50.8 Å². The van der Waals surface area contributed by atoms with E-state index in [9.17, 15) is 18.0 Å². The van der Waals surface area contributed by atoms with Crippen LogP contribution in [-0.2, 0) is 10.9 Å². The van der Waals surface area contributed by atoms with Crippen LogP contribution in [-0.4, -0.2) is 50.3 Å². The van der Waals surface area contributed by atoms with Crippen molar-refractivity contribution in [2.75, 3.05) is 44.8 Å². The minimum atomic E-state index is -4.40. The molecule has 4 aromatic rings. The predicted octanol–water partition coefficient (Wildman–Crippen LogP) is 6.49. The van der Waals surface area contributed by atoms with Gasteiger partial charge in [-0.15, -0.1) is 0 Å². The van der Waals surface area contributed by atoms with E-state index in [1.807, 2.05) is 36.4 Å². The molecule has 0 aliphatic carbocycles. The van der Waals surface area contributed by atoms with Crippen LogP contribution < -0.4 is 10.1 Å². The summed E-state index contributed by atoms with van der Waals surface area (Å²) in [4.78, 5) is 15.5. The summed E-state index contributed by atoms with van der Waals surface area (Å²) in [5, 5.41) is 4.72. The largest absolute Gasteiger partial charge is 0.492 e. The molecule has 0 atom stereocenters. The van der Waals surface area contributed by atoms with E-state index in [0.29, 0.717) is 29.0 Å². The Kier molecular flexibility index (Phi) is 7.62. The molecule has 0 radical (unpaired) electrons. The van der Waals surface area contributed by atoms with Crippen LogP contribution >= 0.6 is 0 Å². The zero-order valence-corrected chi connectivity index (χ0v) is 20.6. The van der Waals surface area contributed by atoms with Gasteiger partial charge in [0.1, 0.15) is 12.4 Å². The Morgan fingerprint density at radius 1 is 0.868 bits per heavy atom. The van der Waals surface area contributed by atoms with E-state index in [4.69, 9.17) is 9.47 Å². The first kappa shape index (κ1) is 25.8. The number of anilines is 1. The monoisotopic (exact) mass is 520 g/mol. The van der Waals surface area contributed by atoms with Crippen LogP contribution in [0.25, 0.3) is 21.9 Å².